The third-order valence-electron chi connectivity index (χ3n) is 2.13. The lowest BCUT2D eigenvalue weighted by Gasteiger charge is -2.26. The number of aliphatic hydroxyl groups excluding tert-OH is 1. The largest absolute Gasteiger partial charge is 0.395 e. The van der Waals surface area contributed by atoms with Crippen molar-refractivity contribution >= 4 is 11.8 Å². The van der Waals surface area contributed by atoms with Crippen LogP contribution in [-0.4, -0.2) is 29.8 Å². The van der Waals surface area contributed by atoms with E-state index in [0.29, 0.717) is 6.54 Å². The Bertz CT molecular complexity index is 322. The summed E-state index contributed by atoms with van der Waals surface area (Å²) in [6, 6.07) is 3.95. The molecule has 0 fully saturated rings. The van der Waals surface area contributed by atoms with E-state index in [2.05, 4.69) is 16.0 Å². The van der Waals surface area contributed by atoms with E-state index in [1.165, 1.54) is 0 Å². The average molecular weight is 176 g/mol. The Hall–Kier alpha value is -1.35. The zero-order chi connectivity index (χ0) is 9.10. The maximum Gasteiger partial charge on any atom is 0.0860 e. The van der Waals surface area contributed by atoms with Gasteiger partial charge in [0.2, 0.25) is 0 Å². The molecule has 1 N–H and O–H groups in total. The number of hydrogen-bond acceptors (Lipinski definition) is 3. The van der Waals surface area contributed by atoms with E-state index in [1.807, 2.05) is 18.2 Å². The number of hydrogen-bond donors (Lipinski definition) is 1. The van der Waals surface area contributed by atoms with Gasteiger partial charge in [0.25, 0.3) is 0 Å². The van der Waals surface area contributed by atoms with Crippen molar-refractivity contribution < 1.29 is 5.11 Å². The first-order chi connectivity index (χ1) is 6.42. The van der Waals surface area contributed by atoms with Crippen LogP contribution < -0.4 is 4.90 Å². The highest BCUT2D eigenvalue weighted by atomic mass is 16.3. The molecule has 1 aromatic rings. The van der Waals surface area contributed by atoms with Gasteiger partial charge in [-0.25, -0.2) is 0 Å². The Morgan fingerprint density at radius 2 is 2.46 bits per heavy atom. The number of aromatic nitrogens is 1. The lowest BCUT2D eigenvalue weighted by Crippen LogP contribution is -2.29. The summed E-state index contributed by atoms with van der Waals surface area (Å²) in [5.41, 5.74) is 2.10. The van der Waals surface area contributed by atoms with Gasteiger partial charge in [-0.2, -0.15) is 0 Å². The van der Waals surface area contributed by atoms with Crippen LogP contribution in [0.1, 0.15) is 5.69 Å². The van der Waals surface area contributed by atoms with Gasteiger partial charge in [0.05, 0.1) is 18.0 Å². The van der Waals surface area contributed by atoms with Crippen LogP contribution in [0.25, 0.3) is 6.08 Å². The van der Waals surface area contributed by atoms with Crippen molar-refractivity contribution in [2.75, 3.05) is 24.6 Å². The van der Waals surface area contributed by atoms with E-state index in [4.69, 9.17) is 5.11 Å². The van der Waals surface area contributed by atoms with E-state index in [1.54, 1.807) is 6.20 Å². The van der Waals surface area contributed by atoms with Crippen molar-refractivity contribution in [3.63, 3.8) is 0 Å². The van der Waals surface area contributed by atoms with E-state index in [0.717, 1.165) is 17.9 Å². The second-order valence-corrected chi connectivity index (χ2v) is 2.98. The third-order valence-corrected chi connectivity index (χ3v) is 2.13. The number of nitrogens with zero attached hydrogens (tertiary/aromatic N) is 2. The SMILES string of the molecule is OCCN1CC=Cc2ncccc21. The summed E-state index contributed by atoms with van der Waals surface area (Å²) >= 11 is 0. The Morgan fingerprint density at radius 3 is 3.31 bits per heavy atom. The molecule has 0 aliphatic carbocycles. The molecule has 13 heavy (non-hydrogen) atoms. The van der Waals surface area contributed by atoms with Crippen LogP contribution in [0.2, 0.25) is 0 Å². The van der Waals surface area contributed by atoms with Gasteiger partial charge in [0.1, 0.15) is 0 Å². The van der Waals surface area contributed by atoms with Crippen molar-refractivity contribution in [1.82, 2.24) is 4.98 Å². The molecule has 1 aliphatic rings. The molecule has 0 atom stereocenters. The molecule has 68 valence electrons. The minimum absolute atomic E-state index is 0.183. The van der Waals surface area contributed by atoms with Crippen molar-refractivity contribution in [1.29, 1.82) is 0 Å². The first-order valence-corrected chi connectivity index (χ1v) is 4.39. The van der Waals surface area contributed by atoms with E-state index < -0.39 is 0 Å². The highest BCUT2D eigenvalue weighted by Gasteiger charge is 2.11. The second-order valence-electron chi connectivity index (χ2n) is 2.98. The molecule has 1 aliphatic heterocycles. The van der Waals surface area contributed by atoms with Gasteiger partial charge in [-0.1, -0.05) is 6.08 Å². The summed E-state index contributed by atoms with van der Waals surface area (Å²) in [7, 11) is 0. The van der Waals surface area contributed by atoms with Gasteiger partial charge < -0.3 is 10.0 Å². The summed E-state index contributed by atoms with van der Waals surface area (Å²) < 4.78 is 0. The maximum absolute atomic E-state index is 8.86. The van der Waals surface area contributed by atoms with E-state index >= 15 is 0 Å². The van der Waals surface area contributed by atoms with Crippen molar-refractivity contribution in [2.24, 2.45) is 0 Å². The monoisotopic (exact) mass is 176 g/mol. The van der Waals surface area contributed by atoms with Crippen LogP contribution in [0, 0.1) is 0 Å². The number of anilines is 1. The Labute approximate surface area is 77.3 Å². The first-order valence-electron chi connectivity index (χ1n) is 4.39. The number of fused-ring (bicyclic) bond motifs is 1. The van der Waals surface area contributed by atoms with Crippen molar-refractivity contribution in [3.05, 3.63) is 30.1 Å². The minimum atomic E-state index is 0.183. The Morgan fingerprint density at radius 1 is 1.54 bits per heavy atom. The molecule has 0 aromatic carbocycles. The van der Waals surface area contributed by atoms with Gasteiger partial charge in [-0.3, -0.25) is 4.98 Å². The van der Waals surface area contributed by atoms with E-state index in [9.17, 15) is 0 Å². The average Bonchev–Trinajstić information content (AvgIpc) is 2.19. The Kier molecular flexibility index (Phi) is 2.27. The predicted molar refractivity (Wildman–Crippen MR) is 52.6 cm³/mol. The molecule has 0 unspecified atom stereocenters. The molecule has 0 bridgehead atoms. The molecule has 0 saturated heterocycles. The van der Waals surface area contributed by atoms with Crippen LogP contribution in [0.15, 0.2) is 24.4 Å². The van der Waals surface area contributed by atoms with Gasteiger partial charge >= 0.3 is 0 Å². The summed E-state index contributed by atoms with van der Waals surface area (Å²) in [6.07, 6.45) is 5.86. The van der Waals surface area contributed by atoms with Crippen molar-refractivity contribution in [3.8, 4) is 0 Å². The molecule has 3 heteroatoms. The van der Waals surface area contributed by atoms with Gasteiger partial charge in [0, 0.05) is 19.3 Å². The van der Waals surface area contributed by atoms with Crippen LogP contribution in [-0.2, 0) is 0 Å². The van der Waals surface area contributed by atoms with Crippen LogP contribution in [0.3, 0.4) is 0 Å². The topological polar surface area (TPSA) is 36.4 Å². The molecule has 0 radical (unpaired) electrons. The quantitative estimate of drug-likeness (QED) is 0.727. The lowest BCUT2D eigenvalue weighted by molar-refractivity contribution is 0.303. The molecule has 2 heterocycles. The molecular formula is C10H12N2O. The maximum atomic E-state index is 8.86. The summed E-state index contributed by atoms with van der Waals surface area (Å²) in [6.45, 7) is 1.71. The summed E-state index contributed by atoms with van der Waals surface area (Å²) in [5.74, 6) is 0. The molecule has 2 rings (SSSR count). The standard InChI is InChI=1S/C10H12N2O/c13-8-7-12-6-2-3-9-10(12)4-1-5-11-9/h1-5,13H,6-8H2. The van der Waals surface area contributed by atoms with Gasteiger partial charge in [-0.15, -0.1) is 0 Å². The molecular weight excluding hydrogens is 164 g/mol. The molecule has 0 spiro atoms. The lowest BCUT2D eigenvalue weighted by atomic mass is 10.2. The smallest absolute Gasteiger partial charge is 0.0860 e. The van der Waals surface area contributed by atoms with Crippen LogP contribution >= 0.6 is 0 Å². The normalized spacial score (nSPS) is 14.4. The number of β-amino-alcohol motifs (C(OH)–C–C–N with tert-alkyl or cyclic N) is 1. The highest BCUT2D eigenvalue weighted by molar-refractivity contribution is 5.67. The third kappa shape index (κ3) is 1.55. The number of rotatable bonds is 2. The van der Waals surface area contributed by atoms with Crippen LogP contribution in [0.5, 0.6) is 0 Å². The number of pyridine rings is 1. The summed E-state index contributed by atoms with van der Waals surface area (Å²) in [5, 5.41) is 8.86. The van der Waals surface area contributed by atoms with Gasteiger partial charge in [0.15, 0.2) is 0 Å². The molecule has 0 amide bonds. The van der Waals surface area contributed by atoms with Gasteiger partial charge in [-0.05, 0) is 18.2 Å². The zero-order valence-corrected chi connectivity index (χ0v) is 7.35. The summed E-state index contributed by atoms with van der Waals surface area (Å²) in [4.78, 5) is 6.36. The predicted octanol–water partition coefficient (Wildman–Crippen LogP) is 0.907. The minimum Gasteiger partial charge on any atom is -0.395 e. The zero-order valence-electron chi connectivity index (χ0n) is 7.35. The highest BCUT2D eigenvalue weighted by Crippen LogP contribution is 2.22. The molecule has 3 nitrogen and oxygen atoms in total. The Balaban J connectivity index is 2.32. The first kappa shape index (κ1) is 8.26. The van der Waals surface area contributed by atoms with Crippen LogP contribution in [0.4, 0.5) is 5.69 Å². The molecule has 0 saturated carbocycles. The fraction of sp³-hybridized carbons (Fsp3) is 0.300. The second kappa shape index (κ2) is 3.58. The molecule has 1 aromatic heterocycles. The fourth-order valence-corrected chi connectivity index (χ4v) is 1.53. The van der Waals surface area contributed by atoms with E-state index in [-0.39, 0.29) is 6.61 Å². The number of aliphatic hydroxyl groups is 1. The fourth-order valence-electron chi connectivity index (χ4n) is 1.53. The van der Waals surface area contributed by atoms with Crippen molar-refractivity contribution in [2.45, 2.75) is 0 Å².